The fraction of sp³-hybridized carbons (Fsp3) is 0.571. The summed E-state index contributed by atoms with van der Waals surface area (Å²) in [5.41, 5.74) is 0.389. The first-order valence-corrected chi connectivity index (χ1v) is 3.48. The first-order chi connectivity index (χ1) is 5.20. The molecule has 11 heavy (non-hydrogen) atoms. The van der Waals surface area contributed by atoms with Crippen LogP contribution in [0.2, 0.25) is 0 Å². The van der Waals surface area contributed by atoms with Crippen molar-refractivity contribution in [2.24, 2.45) is 5.16 Å². The van der Waals surface area contributed by atoms with Gasteiger partial charge in [0.15, 0.2) is 5.78 Å². The molecule has 0 unspecified atom stereocenters. The molecule has 1 aliphatic rings. The van der Waals surface area contributed by atoms with Crippen LogP contribution >= 0.6 is 0 Å². The first-order valence-electron chi connectivity index (χ1n) is 3.48. The van der Waals surface area contributed by atoms with Crippen LogP contribution in [0.3, 0.4) is 0 Å². The third-order valence-electron chi connectivity index (χ3n) is 1.42. The van der Waals surface area contributed by atoms with E-state index in [1.807, 2.05) is 0 Å². The minimum Gasteiger partial charge on any atom is -0.318 e. The molecule has 1 rings (SSSR count). The third-order valence-corrected chi connectivity index (χ3v) is 1.42. The Morgan fingerprint density at radius 1 is 1.55 bits per heavy atom. The van der Waals surface area contributed by atoms with Crippen molar-refractivity contribution >= 4 is 17.5 Å². The van der Waals surface area contributed by atoms with Crippen molar-refractivity contribution in [3.63, 3.8) is 0 Å². The highest BCUT2D eigenvalue weighted by molar-refractivity contribution is 6.41. The first kappa shape index (κ1) is 7.91. The van der Waals surface area contributed by atoms with E-state index in [1.165, 1.54) is 6.92 Å². The summed E-state index contributed by atoms with van der Waals surface area (Å²) in [5, 5.41) is 3.42. The quantitative estimate of drug-likeness (QED) is 0.413. The third kappa shape index (κ3) is 2.14. The molecule has 4 nitrogen and oxygen atoms in total. The van der Waals surface area contributed by atoms with E-state index >= 15 is 0 Å². The predicted octanol–water partition coefficient (Wildman–Crippen LogP) is 0.659. The van der Waals surface area contributed by atoms with Gasteiger partial charge in [0.2, 0.25) is 0 Å². The van der Waals surface area contributed by atoms with Crippen LogP contribution in [-0.4, -0.2) is 17.5 Å². The molecular weight excluding hydrogens is 146 g/mol. The van der Waals surface area contributed by atoms with Crippen LogP contribution in [0.5, 0.6) is 0 Å². The normalized spacial score (nSPS) is 20.8. The van der Waals surface area contributed by atoms with Crippen LogP contribution in [0.1, 0.15) is 26.2 Å². The number of hydrogen-bond donors (Lipinski definition) is 0. The lowest BCUT2D eigenvalue weighted by Crippen LogP contribution is -2.06. The molecule has 0 aromatic rings. The number of carbonyl (C=O) groups excluding carboxylic acids is 2. The molecule has 0 spiro atoms. The van der Waals surface area contributed by atoms with Crippen molar-refractivity contribution in [1.82, 2.24) is 0 Å². The summed E-state index contributed by atoms with van der Waals surface area (Å²) in [6.07, 6.45) is 1.98. The van der Waals surface area contributed by atoms with E-state index in [-0.39, 0.29) is 5.78 Å². The van der Waals surface area contributed by atoms with Gasteiger partial charge in [-0.15, -0.1) is 0 Å². The van der Waals surface area contributed by atoms with Crippen molar-refractivity contribution in [3.05, 3.63) is 0 Å². The van der Waals surface area contributed by atoms with Crippen molar-refractivity contribution in [2.75, 3.05) is 0 Å². The van der Waals surface area contributed by atoms with E-state index in [9.17, 15) is 9.59 Å². The Balaban J connectivity index is 2.52. The highest BCUT2D eigenvalue weighted by Gasteiger charge is 2.19. The van der Waals surface area contributed by atoms with E-state index in [4.69, 9.17) is 0 Å². The SMILES string of the molecule is CC(=O)ON=C1CCCC1=O. The lowest BCUT2D eigenvalue weighted by Gasteiger charge is -1.91. The number of ketones is 1. The van der Waals surface area contributed by atoms with Gasteiger partial charge in [-0.25, -0.2) is 4.79 Å². The van der Waals surface area contributed by atoms with Crippen LogP contribution in [0.15, 0.2) is 5.16 Å². The number of carbonyl (C=O) groups is 2. The van der Waals surface area contributed by atoms with Crippen molar-refractivity contribution < 1.29 is 14.4 Å². The van der Waals surface area contributed by atoms with Crippen molar-refractivity contribution in [1.29, 1.82) is 0 Å². The Kier molecular flexibility index (Phi) is 2.36. The van der Waals surface area contributed by atoms with Gasteiger partial charge in [0.05, 0.1) is 0 Å². The maximum Gasteiger partial charge on any atom is 0.331 e. The molecule has 0 atom stereocenters. The number of oxime groups is 1. The van der Waals surface area contributed by atoms with E-state index in [0.717, 1.165) is 6.42 Å². The van der Waals surface area contributed by atoms with Gasteiger partial charge >= 0.3 is 5.97 Å². The van der Waals surface area contributed by atoms with Gasteiger partial charge in [0.25, 0.3) is 0 Å². The molecule has 0 saturated heterocycles. The molecule has 1 fully saturated rings. The van der Waals surface area contributed by atoms with Crippen LogP contribution in [0, 0.1) is 0 Å². The zero-order valence-electron chi connectivity index (χ0n) is 6.29. The van der Waals surface area contributed by atoms with Crippen molar-refractivity contribution in [3.8, 4) is 0 Å². The second-order valence-electron chi connectivity index (χ2n) is 2.40. The van der Waals surface area contributed by atoms with Gasteiger partial charge in [-0.2, -0.15) is 0 Å². The van der Waals surface area contributed by atoms with E-state index in [2.05, 4.69) is 9.99 Å². The highest BCUT2D eigenvalue weighted by Crippen LogP contribution is 2.11. The molecule has 0 radical (unpaired) electrons. The minimum atomic E-state index is -0.489. The number of rotatable bonds is 1. The summed E-state index contributed by atoms with van der Waals surface area (Å²) < 4.78 is 0. The van der Waals surface area contributed by atoms with E-state index in [1.54, 1.807) is 0 Å². The molecule has 60 valence electrons. The van der Waals surface area contributed by atoms with E-state index in [0.29, 0.717) is 18.6 Å². The molecule has 0 heterocycles. The Labute approximate surface area is 64.2 Å². The van der Waals surface area contributed by atoms with Gasteiger partial charge in [0, 0.05) is 13.3 Å². The van der Waals surface area contributed by atoms with Gasteiger partial charge in [0.1, 0.15) is 5.71 Å². The molecule has 0 amide bonds. The molecule has 0 aromatic heterocycles. The summed E-state index contributed by atoms with van der Waals surface area (Å²) in [6, 6.07) is 0. The summed E-state index contributed by atoms with van der Waals surface area (Å²) in [4.78, 5) is 25.5. The van der Waals surface area contributed by atoms with Crippen LogP contribution < -0.4 is 0 Å². The monoisotopic (exact) mass is 155 g/mol. The van der Waals surface area contributed by atoms with Crippen molar-refractivity contribution in [2.45, 2.75) is 26.2 Å². The predicted molar refractivity (Wildman–Crippen MR) is 38.1 cm³/mol. The molecule has 4 heteroatoms. The summed E-state index contributed by atoms with van der Waals surface area (Å²) >= 11 is 0. The van der Waals surface area contributed by atoms with Crippen LogP contribution in [-0.2, 0) is 14.4 Å². The fourth-order valence-electron chi connectivity index (χ4n) is 0.916. The number of nitrogens with zero attached hydrogens (tertiary/aromatic N) is 1. The molecule has 0 bridgehead atoms. The second kappa shape index (κ2) is 3.27. The zero-order chi connectivity index (χ0) is 8.27. The average molecular weight is 155 g/mol. The zero-order valence-corrected chi connectivity index (χ0v) is 6.29. The molecular formula is C7H9NO3. The largest absolute Gasteiger partial charge is 0.331 e. The van der Waals surface area contributed by atoms with Crippen LogP contribution in [0.25, 0.3) is 0 Å². The highest BCUT2D eigenvalue weighted by atomic mass is 16.7. The Hall–Kier alpha value is -1.19. The molecule has 0 aliphatic heterocycles. The van der Waals surface area contributed by atoms with Gasteiger partial charge in [-0.3, -0.25) is 4.79 Å². The molecule has 1 aliphatic carbocycles. The molecule has 0 N–H and O–H groups in total. The Bertz CT molecular complexity index is 220. The van der Waals surface area contributed by atoms with Crippen LogP contribution in [0.4, 0.5) is 0 Å². The van der Waals surface area contributed by atoms with Gasteiger partial charge in [-0.1, -0.05) is 5.16 Å². The average Bonchev–Trinajstić information content (AvgIpc) is 2.31. The smallest absolute Gasteiger partial charge is 0.318 e. The van der Waals surface area contributed by atoms with Gasteiger partial charge in [-0.05, 0) is 12.8 Å². The Morgan fingerprint density at radius 3 is 2.73 bits per heavy atom. The number of Topliss-reactive ketones (excluding diaryl/α,β-unsaturated/α-hetero) is 1. The van der Waals surface area contributed by atoms with E-state index < -0.39 is 5.97 Å². The maximum atomic E-state index is 10.9. The summed E-state index contributed by atoms with van der Waals surface area (Å²) in [7, 11) is 0. The minimum absolute atomic E-state index is 0.00810. The maximum absolute atomic E-state index is 10.9. The fourth-order valence-corrected chi connectivity index (χ4v) is 0.916. The topological polar surface area (TPSA) is 55.7 Å². The molecule has 0 aromatic carbocycles. The number of hydrogen-bond acceptors (Lipinski definition) is 4. The molecule has 1 saturated carbocycles. The van der Waals surface area contributed by atoms with Gasteiger partial charge < -0.3 is 4.84 Å². The lowest BCUT2D eigenvalue weighted by atomic mass is 10.3. The standard InChI is InChI=1S/C7H9NO3/c1-5(9)11-8-6-3-2-4-7(6)10/h2-4H2,1H3. The Morgan fingerprint density at radius 2 is 2.27 bits per heavy atom. The summed E-state index contributed by atoms with van der Waals surface area (Å²) in [5.74, 6) is -0.497. The second-order valence-corrected chi connectivity index (χ2v) is 2.40. The lowest BCUT2D eigenvalue weighted by molar-refractivity contribution is -0.140. The summed E-state index contributed by atoms with van der Waals surface area (Å²) in [6.45, 7) is 1.25.